The first-order chi connectivity index (χ1) is 11.7. The fraction of sp³-hybridized carbons (Fsp3) is 0.111. The molecule has 24 heavy (non-hydrogen) atoms. The fourth-order valence-corrected chi connectivity index (χ4v) is 2.18. The smallest absolute Gasteiger partial charge is 0.337 e. The summed E-state index contributed by atoms with van der Waals surface area (Å²) in [6.45, 7) is 0. The molecule has 0 saturated carbocycles. The van der Waals surface area contributed by atoms with Gasteiger partial charge in [0.25, 0.3) is 6.01 Å². The van der Waals surface area contributed by atoms with Crippen molar-refractivity contribution in [3.05, 3.63) is 60.3 Å². The maximum absolute atomic E-state index is 11.6. The van der Waals surface area contributed by atoms with Gasteiger partial charge in [0.2, 0.25) is 0 Å². The molecule has 6 heteroatoms. The van der Waals surface area contributed by atoms with Gasteiger partial charge in [-0.1, -0.05) is 12.1 Å². The third-order valence-corrected chi connectivity index (χ3v) is 3.42. The number of aromatic nitrogens is 1. The van der Waals surface area contributed by atoms with E-state index in [0.717, 1.165) is 17.0 Å². The normalized spacial score (nSPS) is 10.2. The molecule has 0 spiro atoms. The number of ether oxygens (including phenoxy) is 2. The van der Waals surface area contributed by atoms with Crippen molar-refractivity contribution in [2.75, 3.05) is 19.5 Å². The number of methoxy groups -OCH3 is 2. The van der Waals surface area contributed by atoms with Crippen LogP contribution in [0.4, 0.5) is 11.7 Å². The third-order valence-electron chi connectivity index (χ3n) is 3.42. The van der Waals surface area contributed by atoms with Crippen molar-refractivity contribution in [1.82, 2.24) is 4.98 Å². The lowest BCUT2D eigenvalue weighted by Gasteiger charge is -2.04. The number of rotatable bonds is 5. The zero-order valence-electron chi connectivity index (χ0n) is 13.3. The number of hydrogen-bond acceptors (Lipinski definition) is 6. The zero-order chi connectivity index (χ0) is 16.9. The van der Waals surface area contributed by atoms with Crippen LogP contribution in [0.15, 0.2) is 59.1 Å². The van der Waals surface area contributed by atoms with Crippen LogP contribution in [0.2, 0.25) is 0 Å². The Morgan fingerprint density at radius 2 is 1.92 bits per heavy atom. The first-order valence-electron chi connectivity index (χ1n) is 7.25. The summed E-state index contributed by atoms with van der Waals surface area (Å²) in [5.74, 6) is 0.929. The standard InChI is InChI=1S/C18H16N2O4/c1-22-15-8-6-14(7-9-15)20-18-19-11-16(24-18)12-4-3-5-13(10-12)17(21)23-2/h3-11H,1-2H3,(H,19,20). The number of esters is 1. The second kappa shape index (κ2) is 6.87. The van der Waals surface area contributed by atoms with Crippen molar-refractivity contribution in [1.29, 1.82) is 0 Å². The first-order valence-corrected chi connectivity index (χ1v) is 7.25. The molecule has 0 fully saturated rings. The van der Waals surface area contributed by atoms with E-state index in [-0.39, 0.29) is 0 Å². The molecule has 1 heterocycles. The van der Waals surface area contributed by atoms with Crippen molar-refractivity contribution in [3.63, 3.8) is 0 Å². The van der Waals surface area contributed by atoms with Gasteiger partial charge in [-0.15, -0.1) is 0 Å². The predicted molar refractivity (Wildman–Crippen MR) is 89.6 cm³/mol. The molecule has 0 aliphatic heterocycles. The van der Waals surface area contributed by atoms with Gasteiger partial charge in [-0.05, 0) is 36.4 Å². The largest absolute Gasteiger partial charge is 0.497 e. The number of nitrogens with one attached hydrogen (secondary N) is 1. The average Bonchev–Trinajstić information content (AvgIpc) is 3.10. The topological polar surface area (TPSA) is 73.6 Å². The molecule has 0 aliphatic carbocycles. The summed E-state index contributed by atoms with van der Waals surface area (Å²) in [7, 11) is 2.96. The lowest BCUT2D eigenvalue weighted by Crippen LogP contribution is -2.00. The number of nitrogens with zero attached hydrogens (tertiary/aromatic N) is 1. The molecule has 6 nitrogen and oxygen atoms in total. The van der Waals surface area contributed by atoms with Gasteiger partial charge in [0.15, 0.2) is 5.76 Å². The summed E-state index contributed by atoms with van der Waals surface area (Å²) >= 11 is 0. The van der Waals surface area contributed by atoms with E-state index in [1.165, 1.54) is 7.11 Å². The van der Waals surface area contributed by atoms with E-state index in [0.29, 0.717) is 17.3 Å². The van der Waals surface area contributed by atoms with E-state index in [9.17, 15) is 4.79 Å². The van der Waals surface area contributed by atoms with Crippen LogP contribution >= 0.6 is 0 Å². The molecular weight excluding hydrogens is 308 g/mol. The second-order valence-electron chi connectivity index (χ2n) is 4.96. The van der Waals surface area contributed by atoms with E-state index in [1.54, 1.807) is 31.5 Å². The van der Waals surface area contributed by atoms with E-state index >= 15 is 0 Å². The molecule has 0 amide bonds. The van der Waals surface area contributed by atoms with Gasteiger partial charge in [-0.25, -0.2) is 9.78 Å². The molecular formula is C18H16N2O4. The van der Waals surface area contributed by atoms with Crippen LogP contribution in [-0.4, -0.2) is 25.2 Å². The number of carbonyl (C=O) groups is 1. The van der Waals surface area contributed by atoms with Crippen LogP contribution in [0.25, 0.3) is 11.3 Å². The predicted octanol–water partition coefficient (Wildman–Crippen LogP) is 3.88. The summed E-state index contributed by atoms with van der Waals surface area (Å²) in [4.78, 5) is 15.8. The van der Waals surface area contributed by atoms with Crippen molar-refractivity contribution in [2.45, 2.75) is 0 Å². The SMILES string of the molecule is COC(=O)c1cccc(-c2cnc(Nc3ccc(OC)cc3)o2)c1. The minimum Gasteiger partial charge on any atom is -0.497 e. The minimum atomic E-state index is -0.395. The highest BCUT2D eigenvalue weighted by Gasteiger charge is 2.10. The molecule has 1 aromatic heterocycles. The minimum absolute atomic E-state index is 0.360. The molecule has 0 atom stereocenters. The van der Waals surface area contributed by atoms with Crippen molar-refractivity contribution in [3.8, 4) is 17.1 Å². The molecule has 3 aromatic rings. The number of benzene rings is 2. The van der Waals surface area contributed by atoms with E-state index in [1.807, 2.05) is 30.3 Å². The highest BCUT2D eigenvalue weighted by molar-refractivity contribution is 5.90. The summed E-state index contributed by atoms with van der Waals surface area (Å²) in [5.41, 5.74) is 2.02. The molecule has 122 valence electrons. The van der Waals surface area contributed by atoms with Crippen LogP contribution in [0.1, 0.15) is 10.4 Å². The second-order valence-corrected chi connectivity index (χ2v) is 4.96. The highest BCUT2D eigenvalue weighted by atomic mass is 16.5. The van der Waals surface area contributed by atoms with Gasteiger partial charge >= 0.3 is 5.97 Å². The molecule has 3 rings (SSSR count). The van der Waals surface area contributed by atoms with Gasteiger partial charge in [0.1, 0.15) is 5.75 Å². The Balaban J connectivity index is 1.78. The van der Waals surface area contributed by atoms with Gasteiger partial charge in [0, 0.05) is 11.3 Å². The maximum atomic E-state index is 11.6. The van der Waals surface area contributed by atoms with Crippen LogP contribution in [0.3, 0.4) is 0 Å². The number of anilines is 2. The Hall–Kier alpha value is -3.28. The maximum Gasteiger partial charge on any atom is 0.337 e. The number of oxazole rings is 1. The van der Waals surface area contributed by atoms with Crippen LogP contribution in [0.5, 0.6) is 5.75 Å². The Morgan fingerprint density at radius 1 is 1.12 bits per heavy atom. The highest BCUT2D eigenvalue weighted by Crippen LogP contribution is 2.26. The molecule has 0 saturated heterocycles. The van der Waals surface area contributed by atoms with Gasteiger partial charge in [-0.3, -0.25) is 0 Å². The van der Waals surface area contributed by atoms with Crippen molar-refractivity contribution >= 4 is 17.7 Å². The molecule has 0 bridgehead atoms. The molecule has 1 N–H and O–H groups in total. The summed E-state index contributed by atoms with van der Waals surface area (Å²) in [5, 5.41) is 3.07. The Labute approximate surface area is 139 Å². The molecule has 2 aromatic carbocycles. The summed E-state index contributed by atoms with van der Waals surface area (Å²) in [6.07, 6.45) is 1.60. The lowest BCUT2D eigenvalue weighted by atomic mass is 10.1. The molecule has 0 aliphatic rings. The van der Waals surface area contributed by atoms with Crippen molar-refractivity contribution < 1.29 is 18.7 Å². The van der Waals surface area contributed by atoms with Gasteiger partial charge < -0.3 is 19.2 Å². The monoisotopic (exact) mass is 324 g/mol. The van der Waals surface area contributed by atoms with Crippen LogP contribution in [-0.2, 0) is 4.74 Å². The quantitative estimate of drug-likeness (QED) is 0.718. The summed E-state index contributed by atoms with van der Waals surface area (Å²) in [6, 6.07) is 14.7. The van der Waals surface area contributed by atoms with Gasteiger partial charge in [-0.2, -0.15) is 0 Å². The zero-order valence-corrected chi connectivity index (χ0v) is 13.3. The fourth-order valence-electron chi connectivity index (χ4n) is 2.18. The van der Waals surface area contributed by atoms with Crippen LogP contribution in [0, 0.1) is 0 Å². The Bertz CT molecular complexity index is 840. The third kappa shape index (κ3) is 3.38. The number of hydrogen-bond donors (Lipinski definition) is 1. The molecule has 0 radical (unpaired) electrons. The molecule has 0 unspecified atom stereocenters. The Morgan fingerprint density at radius 3 is 2.62 bits per heavy atom. The summed E-state index contributed by atoms with van der Waals surface area (Å²) < 4.78 is 15.5. The Kier molecular flexibility index (Phi) is 4.47. The van der Waals surface area contributed by atoms with Crippen molar-refractivity contribution in [2.24, 2.45) is 0 Å². The van der Waals surface area contributed by atoms with E-state index in [2.05, 4.69) is 10.3 Å². The first kappa shape index (κ1) is 15.6. The van der Waals surface area contributed by atoms with Crippen LogP contribution < -0.4 is 10.1 Å². The lowest BCUT2D eigenvalue weighted by molar-refractivity contribution is 0.0601. The van der Waals surface area contributed by atoms with E-state index in [4.69, 9.17) is 13.9 Å². The van der Waals surface area contributed by atoms with Gasteiger partial charge in [0.05, 0.1) is 26.0 Å². The number of carbonyl (C=O) groups excluding carboxylic acids is 1. The average molecular weight is 324 g/mol. The van der Waals surface area contributed by atoms with E-state index < -0.39 is 5.97 Å².